The normalized spacial score (nSPS) is 10.2. The number of anilines is 1. The molecule has 0 bridgehead atoms. The number of nitrogens with zero attached hydrogens (tertiary/aromatic N) is 1. The molecule has 0 fully saturated rings. The second-order valence-electron chi connectivity index (χ2n) is 3.53. The van der Waals surface area contributed by atoms with Crippen LogP contribution in [0.3, 0.4) is 0 Å². The molecule has 0 unspecified atom stereocenters. The molecule has 1 amide bonds. The van der Waals surface area contributed by atoms with Gasteiger partial charge < -0.3 is 5.32 Å². The molecule has 1 aromatic carbocycles. The van der Waals surface area contributed by atoms with Crippen molar-refractivity contribution in [3.05, 3.63) is 34.4 Å². The molecule has 0 saturated carbocycles. The predicted octanol–water partition coefficient (Wildman–Crippen LogP) is 2.77. The number of nitrogens with one attached hydrogen (secondary N) is 1. The Balaban J connectivity index is 2.60. The molecule has 0 aliphatic heterocycles. The summed E-state index contributed by atoms with van der Waals surface area (Å²) < 4.78 is 0.759. The maximum atomic E-state index is 11.0. The highest BCUT2D eigenvalue weighted by atomic mass is 79.9. The van der Waals surface area contributed by atoms with Gasteiger partial charge in [-0.15, -0.1) is 0 Å². The molecule has 1 heterocycles. The highest BCUT2D eigenvalue weighted by Gasteiger charge is 2.07. The fraction of sp³-hybridized carbons (Fsp3) is 0.0833. The fourth-order valence-electron chi connectivity index (χ4n) is 1.54. The minimum Gasteiger partial charge on any atom is -0.325 e. The summed E-state index contributed by atoms with van der Waals surface area (Å²) in [5, 5.41) is 3.56. The molecule has 0 aliphatic carbocycles. The number of fused-ring (bicyclic) bond motifs is 1. The second-order valence-corrected chi connectivity index (χ2v) is 4.32. The largest absolute Gasteiger partial charge is 0.325 e. The quantitative estimate of drug-likeness (QED) is 0.866. The van der Waals surface area contributed by atoms with E-state index in [-0.39, 0.29) is 5.91 Å². The van der Waals surface area contributed by atoms with E-state index in [0.29, 0.717) is 23.2 Å². The molecule has 2 aromatic rings. The number of amides is 1. The van der Waals surface area contributed by atoms with Crippen LogP contribution in [0.4, 0.5) is 5.69 Å². The zero-order chi connectivity index (χ0) is 12.4. The number of pyridine rings is 1. The van der Waals surface area contributed by atoms with E-state index in [0.717, 1.165) is 9.86 Å². The molecule has 2 rings (SSSR count). The van der Waals surface area contributed by atoms with Gasteiger partial charge in [0.25, 0.3) is 0 Å². The van der Waals surface area contributed by atoms with Gasteiger partial charge in [0.2, 0.25) is 5.91 Å². The predicted molar refractivity (Wildman–Crippen MR) is 69.1 cm³/mol. The minimum atomic E-state index is -0.137. The Bertz CT molecular complexity index is 611. The van der Waals surface area contributed by atoms with Gasteiger partial charge in [0, 0.05) is 12.3 Å². The SMILES string of the molecule is CC(=O)Nc1ccc2nc(C=O)ccc2c1Br. The standard InChI is InChI=1S/C12H9BrN2O2/c1-7(17)14-11-5-4-10-9(12(11)13)3-2-8(6-16)15-10/h2-6H,1H3,(H,14,17). The van der Waals surface area contributed by atoms with Gasteiger partial charge in [0.1, 0.15) is 5.69 Å². The highest BCUT2D eigenvalue weighted by molar-refractivity contribution is 9.10. The number of rotatable bonds is 2. The van der Waals surface area contributed by atoms with Crippen LogP contribution in [-0.2, 0) is 4.79 Å². The summed E-state index contributed by atoms with van der Waals surface area (Å²) in [6.07, 6.45) is 0.703. The average Bonchev–Trinajstić information content (AvgIpc) is 2.32. The van der Waals surface area contributed by atoms with Crippen LogP contribution in [-0.4, -0.2) is 17.2 Å². The van der Waals surface area contributed by atoms with Crippen molar-refractivity contribution in [2.75, 3.05) is 5.32 Å². The first kappa shape index (κ1) is 11.7. The minimum absolute atomic E-state index is 0.137. The number of carbonyl (C=O) groups is 2. The van der Waals surface area contributed by atoms with Gasteiger partial charge in [-0.25, -0.2) is 4.98 Å². The molecule has 17 heavy (non-hydrogen) atoms. The Hall–Kier alpha value is -1.75. The van der Waals surface area contributed by atoms with Crippen molar-refractivity contribution in [1.82, 2.24) is 4.98 Å². The number of aromatic nitrogens is 1. The summed E-state index contributed by atoms with van der Waals surface area (Å²) >= 11 is 3.41. The number of hydrogen-bond donors (Lipinski definition) is 1. The number of benzene rings is 1. The average molecular weight is 293 g/mol. The van der Waals surface area contributed by atoms with Crippen molar-refractivity contribution >= 4 is 44.7 Å². The highest BCUT2D eigenvalue weighted by Crippen LogP contribution is 2.30. The lowest BCUT2D eigenvalue weighted by Crippen LogP contribution is -2.06. The lowest BCUT2D eigenvalue weighted by Gasteiger charge is -2.08. The first-order valence-electron chi connectivity index (χ1n) is 4.94. The van der Waals surface area contributed by atoms with Crippen molar-refractivity contribution in [3.63, 3.8) is 0 Å². The summed E-state index contributed by atoms with van der Waals surface area (Å²) in [6, 6.07) is 6.94. The van der Waals surface area contributed by atoms with Gasteiger partial charge in [-0.3, -0.25) is 9.59 Å². The van der Waals surface area contributed by atoms with Gasteiger partial charge in [-0.1, -0.05) is 0 Å². The van der Waals surface area contributed by atoms with Crippen LogP contribution < -0.4 is 5.32 Å². The van der Waals surface area contributed by atoms with Crippen LogP contribution in [0.25, 0.3) is 10.9 Å². The summed E-state index contributed by atoms with van der Waals surface area (Å²) in [7, 11) is 0. The van der Waals surface area contributed by atoms with E-state index in [9.17, 15) is 9.59 Å². The number of aldehydes is 1. The first-order valence-corrected chi connectivity index (χ1v) is 5.73. The zero-order valence-corrected chi connectivity index (χ0v) is 10.6. The molecular weight excluding hydrogens is 284 g/mol. The van der Waals surface area contributed by atoms with Crippen LogP contribution in [0.15, 0.2) is 28.7 Å². The van der Waals surface area contributed by atoms with Gasteiger partial charge >= 0.3 is 0 Å². The van der Waals surface area contributed by atoms with E-state index in [2.05, 4.69) is 26.2 Å². The van der Waals surface area contributed by atoms with Gasteiger partial charge in [-0.05, 0) is 40.2 Å². The maximum Gasteiger partial charge on any atom is 0.221 e. The molecular formula is C12H9BrN2O2. The molecule has 0 spiro atoms. The van der Waals surface area contributed by atoms with Gasteiger partial charge in [0.15, 0.2) is 6.29 Å². The number of carbonyl (C=O) groups excluding carboxylic acids is 2. The summed E-state index contributed by atoms with van der Waals surface area (Å²) in [5.41, 5.74) is 1.78. The molecule has 86 valence electrons. The Labute approximate surface area is 106 Å². The summed E-state index contributed by atoms with van der Waals surface area (Å²) in [4.78, 5) is 25.8. The fourth-order valence-corrected chi connectivity index (χ4v) is 2.10. The van der Waals surface area contributed by atoms with Crippen molar-refractivity contribution in [2.45, 2.75) is 6.92 Å². The Morgan fingerprint density at radius 1 is 1.35 bits per heavy atom. The molecule has 0 saturated heterocycles. The summed E-state index contributed by atoms with van der Waals surface area (Å²) in [5.74, 6) is -0.137. The van der Waals surface area contributed by atoms with E-state index in [1.54, 1.807) is 24.3 Å². The molecule has 5 heteroatoms. The van der Waals surface area contributed by atoms with E-state index in [1.165, 1.54) is 6.92 Å². The van der Waals surface area contributed by atoms with Crippen LogP contribution in [0.2, 0.25) is 0 Å². The zero-order valence-electron chi connectivity index (χ0n) is 9.03. The van der Waals surface area contributed by atoms with Crippen LogP contribution >= 0.6 is 15.9 Å². The lowest BCUT2D eigenvalue weighted by atomic mass is 10.2. The second kappa shape index (κ2) is 4.63. The molecule has 4 nitrogen and oxygen atoms in total. The van der Waals surface area contributed by atoms with Crippen LogP contribution in [0.1, 0.15) is 17.4 Å². The lowest BCUT2D eigenvalue weighted by molar-refractivity contribution is -0.114. The van der Waals surface area contributed by atoms with Crippen molar-refractivity contribution in [3.8, 4) is 0 Å². The van der Waals surface area contributed by atoms with Crippen LogP contribution in [0, 0.1) is 0 Å². The van der Waals surface area contributed by atoms with Crippen molar-refractivity contribution in [2.24, 2.45) is 0 Å². The van der Waals surface area contributed by atoms with E-state index >= 15 is 0 Å². The molecule has 0 radical (unpaired) electrons. The van der Waals surface area contributed by atoms with E-state index in [1.807, 2.05) is 0 Å². The van der Waals surface area contributed by atoms with Crippen molar-refractivity contribution < 1.29 is 9.59 Å². The maximum absolute atomic E-state index is 11.0. The monoisotopic (exact) mass is 292 g/mol. The first-order chi connectivity index (χ1) is 8.11. The molecule has 1 N–H and O–H groups in total. The van der Waals surface area contributed by atoms with Crippen LogP contribution in [0.5, 0.6) is 0 Å². The van der Waals surface area contributed by atoms with E-state index < -0.39 is 0 Å². The van der Waals surface area contributed by atoms with Crippen molar-refractivity contribution in [1.29, 1.82) is 0 Å². The topological polar surface area (TPSA) is 59.1 Å². The molecule has 0 aliphatic rings. The molecule has 1 aromatic heterocycles. The smallest absolute Gasteiger partial charge is 0.221 e. The third-order valence-electron chi connectivity index (χ3n) is 2.26. The third kappa shape index (κ3) is 2.34. The van der Waals surface area contributed by atoms with E-state index in [4.69, 9.17) is 0 Å². The summed E-state index contributed by atoms with van der Waals surface area (Å²) in [6.45, 7) is 1.45. The Morgan fingerprint density at radius 3 is 2.76 bits per heavy atom. The number of hydrogen-bond acceptors (Lipinski definition) is 3. The molecule has 0 atom stereocenters. The van der Waals surface area contributed by atoms with Gasteiger partial charge in [-0.2, -0.15) is 0 Å². The third-order valence-corrected chi connectivity index (χ3v) is 3.11. The Kier molecular flexibility index (Phi) is 3.19. The Morgan fingerprint density at radius 2 is 2.12 bits per heavy atom. The van der Waals surface area contributed by atoms with Gasteiger partial charge in [0.05, 0.1) is 15.7 Å². The number of halogens is 1.